The second-order valence-corrected chi connectivity index (χ2v) is 6.69. The van der Waals surface area contributed by atoms with Crippen LogP contribution in [0.1, 0.15) is 26.6 Å². The first kappa shape index (κ1) is 16.7. The van der Waals surface area contributed by atoms with Gasteiger partial charge in [-0.1, -0.05) is 12.1 Å². The first-order valence-corrected chi connectivity index (χ1v) is 8.32. The molecule has 0 radical (unpaired) electrons. The molecule has 6 nitrogen and oxygen atoms in total. The van der Waals surface area contributed by atoms with Gasteiger partial charge in [0, 0.05) is 22.3 Å². The number of aryl methyl sites for hydroxylation is 2. The van der Waals surface area contributed by atoms with Crippen LogP contribution in [0.5, 0.6) is 0 Å². The molecule has 3 rings (SSSR count). The monoisotopic (exact) mass is 352 g/mol. The Kier molecular flexibility index (Phi) is 4.30. The Balaban J connectivity index is 2.16. The van der Waals surface area contributed by atoms with E-state index in [-0.39, 0.29) is 16.9 Å². The Morgan fingerprint density at radius 2 is 2.16 bits per heavy atom. The summed E-state index contributed by atoms with van der Waals surface area (Å²) < 4.78 is 6.39. The fourth-order valence-corrected chi connectivity index (χ4v) is 3.41. The van der Waals surface area contributed by atoms with Crippen molar-refractivity contribution in [1.82, 2.24) is 9.55 Å². The van der Waals surface area contributed by atoms with E-state index in [9.17, 15) is 10.1 Å². The molecule has 0 aliphatic heterocycles. The van der Waals surface area contributed by atoms with Crippen LogP contribution in [0.2, 0.25) is 0 Å². The quantitative estimate of drug-likeness (QED) is 0.729. The predicted octanol–water partition coefficient (Wildman–Crippen LogP) is 3.46. The summed E-state index contributed by atoms with van der Waals surface area (Å²) in [7, 11) is 1.28. The second-order valence-electron chi connectivity index (χ2n) is 5.49. The molecular weight excluding hydrogens is 336 g/mol. The van der Waals surface area contributed by atoms with Crippen molar-refractivity contribution >= 4 is 23.0 Å². The number of nitrogens with two attached hydrogens (primary N) is 1. The lowest BCUT2D eigenvalue weighted by Gasteiger charge is -2.09. The average molecular weight is 352 g/mol. The molecule has 7 heteroatoms. The number of nitrogen functional groups attached to an aromatic ring is 1. The van der Waals surface area contributed by atoms with Gasteiger partial charge in [0.1, 0.15) is 11.1 Å². The fraction of sp³-hybridized carbons (Fsp3) is 0.167. The molecule has 25 heavy (non-hydrogen) atoms. The number of ether oxygens (including phenoxy) is 1. The number of hydrogen-bond acceptors (Lipinski definition) is 6. The third-order valence-corrected chi connectivity index (χ3v) is 5.07. The summed E-state index contributed by atoms with van der Waals surface area (Å²) >= 11 is 1.61. The van der Waals surface area contributed by atoms with Gasteiger partial charge in [0.15, 0.2) is 5.69 Å². The predicted molar refractivity (Wildman–Crippen MR) is 96.8 cm³/mol. The zero-order valence-corrected chi connectivity index (χ0v) is 14.8. The number of anilines is 1. The second kappa shape index (κ2) is 6.42. The summed E-state index contributed by atoms with van der Waals surface area (Å²) in [6, 6.07) is 9.57. The summed E-state index contributed by atoms with van der Waals surface area (Å²) in [6.45, 7) is 4.00. The van der Waals surface area contributed by atoms with Gasteiger partial charge in [0.2, 0.25) is 0 Å². The van der Waals surface area contributed by atoms with Gasteiger partial charge in [-0.2, -0.15) is 5.26 Å². The molecular formula is C18H16N4O2S. The highest BCUT2D eigenvalue weighted by Crippen LogP contribution is 2.30. The van der Waals surface area contributed by atoms with Gasteiger partial charge >= 0.3 is 5.97 Å². The molecule has 0 saturated carbocycles. The number of carbonyl (C=O) groups excluding carboxylic acids is 1. The lowest BCUT2D eigenvalue weighted by molar-refractivity contribution is 0.0593. The number of nitrogens with zero attached hydrogens (tertiary/aromatic N) is 3. The van der Waals surface area contributed by atoms with Crippen molar-refractivity contribution in [2.45, 2.75) is 13.8 Å². The van der Waals surface area contributed by atoms with Crippen LogP contribution in [0.3, 0.4) is 0 Å². The lowest BCUT2D eigenvalue weighted by atomic mass is 10.2. The van der Waals surface area contributed by atoms with Crippen molar-refractivity contribution in [1.29, 1.82) is 5.26 Å². The molecule has 2 N–H and O–H groups in total. The lowest BCUT2D eigenvalue weighted by Crippen LogP contribution is -2.11. The van der Waals surface area contributed by atoms with E-state index in [0.717, 1.165) is 21.1 Å². The normalized spacial score (nSPS) is 10.5. The molecule has 0 bridgehead atoms. The number of esters is 1. The minimum absolute atomic E-state index is 0.112. The molecule has 0 atom stereocenters. The number of thiazole rings is 1. The Hall–Kier alpha value is -3.11. The van der Waals surface area contributed by atoms with E-state index < -0.39 is 5.97 Å². The number of benzene rings is 1. The first-order chi connectivity index (χ1) is 12.0. The SMILES string of the molecule is COC(=O)c1c(N)c(C#N)cn1-c1cccc(-c2nc(C)c(C)s2)c1. The van der Waals surface area contributed by atoms with Crippen LogP contribution in [0.4, 0.5) is 5.69 Å². The van der Waals surface area contributed by atoms with Crippen molar-refractivity contribution in [2.75, 3.05) is 12.8 Å². The summed E-state index contributed by atoms with van der Waals surface area (Å²) in [5.74, 6) is -0.592. The fourth-order valence-electron chi connectivity index (χ4n) is 2.50. The molecule has 0 aliphatic rings. The van der Waals surface area contributed by atoms with Crippen molar-refractivity contribution in [3.05, 3.63) is 52.3 Å². The highest BCUT2D eigenvalue weighted by atomic mass is 32.1. The molecule has 2 heterocycles. The van der Waals surface area contributed by atoms with Crippen LogP contribution in [-0.2, 0) is 4.74 Å². The van der Waals surface area contributed by atoms with Crippen LogP contribution >= 0.6 is 11.3 Å². The van der Waals surface area contributed by atoms with Crippen molar-refractivity contribution in [3.8, 4) is 22.3 Å². The molecule has 0 fully saturated rings. The molecule has 2 aromatic heterocycles. The molecule has 0 unspecified atom stereocenters. The summed E-state index contributed by atoms with van der Waals surface area (Å²) in [4.78, 5) is 17.8. The topological polar surface area (TPSA) is 93.9 Å². The summed E-state index contributed by atoms with van der Waals surface area (Å²) in [6.07, 6.45) is 1.54. The van der Waals surface area contributed by atoms with E-state index in [1.54, 1.807) is 22.1 Å². The van der Waals surface area contributed by atoms with Gasteiger partial charge in [-0.05, 0) is 26.0 Å². The van der Waals surface area contributed by atoms with E-state index in [1.807, 2.05) is 44.2 Å². The van der Waals surface area contributed by atoms with E-state index >= 15 is 0 Å². The van der Waals surface area contributed by atoms with Gasteiger partial charge in [-0.3, -0.25) is 0 Å². The highest BCUT2D eigenvalue weighted by molar-refractivity contribution is 7.15. The third-order valence-electron chi connectivity index (χ3n) is 3.94. The average Bonchev–Trinajstić information content (AvgIpc) is 3.14. The largest absolute Gasteiger partial charge is 0.464 e. The minimum atomic E-state index is -0.592. The zero-order chi connectivity index (χ0) is 18.1. The van der Waals surface area contributed by atoms with E-state index in [0.29, 0.717) is 5.69 Å². The Morgan fingerprint density at radius 1 is 1.40 bits per heavy atom. The van der Waals surface area contributed by atoms with E-state index in [4.69, 9.17) is 10.5 Å². The smallest absolute Gasteiger partial charge is 0.357 e. The van der Waals surface area contributed by atoms with Crippen LogP contribution in [0, 0.1) is 25.2 Å². The van der Waals surface area contributed by atoms with Crippen LogP contribution < -0.4 is 5.73 Å². The third kappa shape index (κ3) is 2.88. The number of methoxy groups -OCH3 is 1. The number of nitriles is 1. The molecule has 0 saturated heterocycles. The van der Waals surface area contributed by atoms with Crippen LogP contribution in [0.25, 0.3) is 16.3 Å². The minimum Gasteiger partial charge on any atom is -0.464 e. The Labute approximate surface area is 149 Å². The van der Waals surface area contributed by atoms with Gasteiger partial charge < -0.3 is 15.0 Å². The van der Waals surface area contributed by atoms with Gasteiger partial charge in [-0.15, -0.1) is 11.3 Å². The maximum Gasteiger partial charge on any atom is 0.357 e. The van der Waals surface area contributed by atoms with Gasteiger partial charge in [-0.25, -0.2) is 9.78 Å². The molecule has 0 spiro atoms. The highest BCUT2D eigenvalue weighted by Gasteiger charge is 2.22. The van der Waals surface area contributed by atoms with E-state index in [1.165, 1.54) is 7.11 Å². The Bertz CT molecular complexity index is 991. The first-order valence-electron chi connectivity index (χ1n) is 7.50. The van der Waals surface area contributed by atoms with Crippen LogP contribution in [-0.4, -0.2) is 22.6 Å². The maximum absolute atomic E-state index is 12.1. The van der Waals surface area contributed by atoms with Crippen molar-refractivity contribution < 1.29 is 9.53 Å². The summed E-state index contributed by atoms with van der Waals surface area (Å²) in [5.41, 5.74) is 9.06. The van der Waals surface area contributed by atoms with E-state index in [2.05, 4.69) is 4.98 Å². The number of aromatic nitrogens is 2. The van der Waals surface area contributed by atoms with Gasteiger partial charge in [0.25, 0.3) is 0 Å². The molecule has 126 valence electrons. The zero-order valence-electron chi connectivity index (χ0n) is 14.0. The molecule has 0 amide bonds. The molecule has 0 aliphatic carbocycles. The number of carbonyl (C=O) groups is 1. The molecule has 1 aromatic carbocycles. The summed E-state index contributed by atoms with van der Waals surface area (Å²) in [5, 5.41) is 10.1. The number of rotatable bonds is 3. The Morgan fingerprint density at radius 3 is 2.76 bits per heavy atom. The maximum atomic E-state index is 12.1. The van der Waals surface area contributed by atoms with Crippen molar-refractivity contribution in [3.63, 3.8) is 0 Å². The number of hydrogen-bond donors (Lipinski definition) is 1. The van der Waals surface area contributed by atoms with Gasteiger partial charge in [0.05, 0.1) is 24.1 Å². The molecule has 3 aromatic rings. The van der Waals surface area contributed by atoms with Crippen molar-refractivity contribution in [2.24, 2.45) is 0 Å². The van der Waals surface area contributed by atoms with Crippen LogP contribution in [0.15, 0.2) is 30.5 Å². The standard InChI is InChI=1S/C18H16N4O2S/c1-10-11(2)25-17(21-10)12-5-4-6-14(7-12)22-9-13(8-19)15(20)16(22)18(23)24-3/h4-7,9H,20H2,1-3H3.